The minimum absolute atomic E-state index is 0.116. The van der Waals surface area contributed by atoms with Crippen molar-refractivity contribution >= 4 is 5.69 Å². The molecule has 5 heteroatoms. The van der Waals surface area contributed by atoms with Gasteiger partial charge in [-0.05, 0) is 79.1 Å². The van der Waals surface area contributed by atoms with Gasteiger partial charge in [0.05, 0.1) is 4.92 Å². The van der Waals surface area contributed by atoms with Crippen molar-refractivity contribution in [2.45, 2.75) is 40.0 Å². The molecule has 0 fully saturated rings. The lowest BCUT2D eigenvalue weighted by molar-refractivity contribution is -0.384. The second-order valence-corrected chi connectivity index (χ2v) is 7.43. The highest BCUT2D eigenvalue weighted by atomic mass is 16.6. The number of hydrogen-bond acceptors (Lipinski definition) is 4. The number of nitro groups is 1. The monoisotopic (exact) mass is 421 g/mol. The number of hydrogen-bond donors (Lipinski definition) is 1. The molecule has 5 nitrogen and oxygen atoms in total. The van der Waals surface area contributed by atoms with Crippen molar-refractivity contribution in [1.82, 2.24) is 0 Å². The van der Waals surface area contributed by atoms with E-state index in [9.17, 15) is 15.2 Å². The summed E-state index contributed by atoms with van der Waals surface area (Å²) in [6.45, 7) is 9.74. The number of nitro benzene ring substituents is 1. The summed E-state index contributed by atoms with van der Waals surface area (Å²) in [7, 11) is 0. The summed E-state index contributed by atoms with van der Waals surface area (Å²) in [5.74, 6) is 0.635. The van der Waals surface area contributed by atoms with E-state index in [1.807, 2.05) is 39.0 Å². The highest BCUT2D eigenvalue weighted by Crippen LogP contribution is 2.29. The van der Waals surface area contributed by atoms with Crippen LogP contribution in [0.3, 0.4) is 0 Å². The zero-order valence-corrected chi connectivity index (χ0v) is 18.7. The van der Waals surface area contributed by atoms with Gasteiger partial charge in [0.2, 0.25) is 0 Å². The summed E-state index contributed by atoms with van der Waals surface area (Å²) in [6.07, 6.45) is 0.899. The maximum atomic E-state index is 10.9. The first-order valence-corrected chi connectivity index (χ1v) is 10.6. The molecule has 0 aliphatic carbocycles. The predicted octanol–water partition coefficient (Wildman–Crippen LogP) is 6.66. The van der Waals surface area contributed by atoms with Crippen LogP contribution >= 0.6 is 0 Å². The van der Waals surface area contributed by atoms with E-state index >= 15 is 0 Å². The van der Waals surface area contributed by atoms with E-state index in [1.54, 1.807) is 24.3 Å². The topological polar surface area (TPSA) is 72.6 Å². The van der Waals surface area contributed by atoms with Crippen LogP contribution < -0.4 is 0 Å². The van der Waals surface area contributed by atoms with E-state index < -0.39 is 0 Å². The van der Waals surface area contributed by atoms with E-state index in [2.05, 4.69) is 31.2 Å². The number of phenolic OH excluding ortho intramolecular Hbond substituents is 1. The number of benzene rings is 3. The summed E-state index contributed by atoms with van der Waals surface area (Å²) in [5, 5.41) is 20.3. The molecule has 0 amide bonds. The lowest BCUT2D eigenvalue weighted by atomic mass is 9.91. The van der Waals surface area contributed by atoms with Crippen molar-refractivity contribution in [1.29, 1.82) is 0 Å². The van der Waals surface area contributed by atoms with E-state index in [-0.39, 0.29) is 16.4 Å². The third-order valence-electron chi connectivity index (χ3n) is 5.10. The Morgan fingerprint density at radius 1 is 0.968 bits per heavy atom. The van der Waals surface area contributed by atoms with Crippen LogP contribution in [0.2, 0.25) is 0 Å². The maximum absolute atomic E-state index is 10.9. The van der Waals surface area contributed by atoms with Crippen LogP contribution in [-0.4, -0.2) is 23.2 Å². The van der Waals surface area contributed by atoms with Gasteiger partial charge in [0.25, 0.3) is 5.69 Å². The number of ether oxygens (including phenoxy) is 1. The molecule has 0 heterocycles. The van der Waals surface area contributed by atoms with Gasteiger partial charge in [0.1, 0.15) is 5.75 Å². The molecule has 3 aromatic rings. The average molecular weight is 422 g/mol. The summed E-state index contributed by atoms with van der Waals surface area (Å²) >= 11 is 0. The van der Waals surface area contributed by atoms with Crippen molar-refractivity contribution in [3.63, 3.8) is 0 Å². The van der Waals surface area contributed by atoms with Gasteiger partial charge in [0.15, 0.2) is 0 Å². The Morgan fingerprint density at radius 2 is 1.58 bits per heavy atom. The van der Waals surface area contributed by atoms with Crippen molar-refractivity contribution in [3.8, 4) is 16.9 Å². The number of phenols is 1. The molecule has 1 N–H and O–H groups in total. The molecular formula is C26H31NO4. The Hall–Kier alpha value is -3.18. The average Bonchev–Trinajstić information content (AvgIpc) is 2.76. The highest BCUT2D eigenvalue weighted by molar-refractivity contribution is 5.69. The smallest absolute Gasteiger partial charge is 0.269 e. The van der Waals surface area contributed by atoms with Gasteiger partial charge >= 0.3 is 0 Å². The molecule has 164 valence electrons. The van der Waals surface area contributed by atoms with Gasteiger partial charge in [-0.2, -0.15) is 0 Å². The highest BCUT2D eigenvalue weighted by Gasteiger charge is 2.11. The zero-order valence-electron chi connectivity index (χ0n) is 18.7. The van der Waals surface area contributed by atoms with Crippen LogP contribution in [0, 0.1) is 17.0 Å². The van der Waals surface area contributed by atoms with Gasteiger partial charge in [-0.1, -0.05) is 43.3 Å². The Balaban J connectivity index is 0.000000614. The quantitative estimate of drug-likeness (QED) is 0.342. The largest absolute Gasteiger partial charge is 0.508 e. The maximum Gasteiger partial charge on any atom is 0.269 e. The molecular weight excluding hydrogens is 390 g/mol. The first-order chi connectivity index (χ1) is 14.8. The lowest BCUT2D eigenvalue weighted by Crippen LogP contribution is -1.98. The Kier molecular flexibility index (Phi) is 9.22. The lowest BCUT2D eigenvalue weighted by Gasteiger charge is -2.13. The minimum atomic E-state index is -0.370. The van der Waals surface area contributed by atoms with Crippen LogP contribution in [0.1, 0.15) is 43.4 Å². The number of aromatic hydroxyl groups is 1. The van der Waals surface area contributed by atoms with Gasteiger partial charge in [-0.15, -0.1) is 0 Å². The normalized spacial score (nSPS) is 11.4. The first kappa shape index (κ1) is 24.1. The fourth-order valence-electron chi connectivity index (χ4n) is 3.38. The fourth-order valence-corrected chi connectivity index (χ4v) is 3.38. The Morgan fingerprint density at radius 3 is 2.06 bits per heavy atom. The summed E-state index contributed by atoms with van der Waals surface area (Å²) in [6, 6.07) is 20.6. The summed E-state index contributed by atoms with van der Waals surface area (Å²) in [4.78, 5) is 10.5. The van der Waals surface area contributed by atoms with Crippen LogP contribution in [0.5, 0.6) is 5.75 Å². The molecule has 1 unspecified atom stereocenters. The number of nitrogens with zero attached hydrogens (tertiary/aromatic N) is 1. The van der Waals surface area contributed by atoms with Crippen molar-refractivity contribution in [3.05, 3.63) is 93.5 Å². The van der Waals surface area contributed by atoms with E-state index in [0.717, 1.165) is 36.3 Å². The molecule has 0 aliphatic rings. The number of aryl methyl sites for hydroxylation is 1. The van der Waals surface area contributed by atoms with Crippen LogP contribution in [0.25, 0.3) is 11.1 Å². The Labute approximate surface area is 184 Å². The zero-order chi connectivity index (χ0) is 22.8. The number of rotatable bonds is 7. The molecule has 1 atom stereocenters. The van der Waals surface area contributed by atoms with Crippen LogP contribution in [0.15, 0.2) is 66.7 Å². The van der Waals surface area contributed by atoms with E-state index in [1.165, 1.54) is 11.1 Å². The minimum Gasteiger partial charge on any atom is -0.508 e. The molecule has 0 saturated carbocycles. The predicted molar refractivity (Wildman–Crippen MR) is 126 cm³/mol. The van der Waals surface area contributed by atoms with Crippen molar-refractivity contribution in [2.75, 3.05) is 13.2 Å². The van der Waals surface area contributed by atoms with Crippen LogP contribution in [0.4, 0.5) is 5.69 Å². The molecule has 3 aromatic carbocycles. The fraction of sp³-hybridized carbons (Fsp3) is 0.308. The molecule has 0 spiro atoms. The summed E-state index contributed by atoms with van der Waals surface area (Å²) in [5.41, 5.74) is 5.49. The van der Waals surface area contributed by atoms with Gasteiger partial charge in [-0.3, -0.25) is 10.1 Å². The molecule has 3 rings (SSSR count). The van der Waals surface area contributed by atoms with Crippen molar-refractivity contribution < 1.29 is 14.8 Å². The molecule has 0 aliphatic heterocycles. The Bertz CT molecular complexity index is 964. The van der Waals surface area contributed by atoms with Gasteiger partial charge in [-0.25, -0.2) is 0 Å². The second kappa shape index (κ2) is 11.9. The first-order valence-electron chi connectivity index (χ1n) is 10.6. The van der Waals surface area contributed by atoms with E-state index in [4.69, 9.17) is 4.74 Å². The van der Waals surface area contributed by atoms with E-state index in [0.29, 0.717) is 5.92 Å². The third kappa shape index (κ3) is 7.23. The molecule has 0 saturated heterocycles. The molecule has 0 radical (unpaired) electrons. The second-order valence-electron chi connectivity index (χ2n) is 7.43. The molecule has 0 bridgehead atoms. The molecule has 0 aromatic heterocycles. The number of non-ortho nitro benzene ring substituents is 1. The standard InChI is InChI=1S/C22H21NO3.C4H10O/c1-15(13-17-3-10-21(24)11-4-17)18-5-7-19(8-6-18)22-12-9-20(23(25)26)14-16(22)2;1-3-5-4-2/h3-12,14-15,24H,13H2,1-2H3;3-4H2,1-2H3. The van der Waals surface area contributed by atoms with Crippen LogP contribution in [-0.2, 0) is 11.2 Å². The van der Waals surface area contributed by atoms with Gasteiger partial charge < -0.3 is 9.84 Å². The third-order valence-corrected chi connectivity index (χ3v) is 5.10. The van der Waals surface area contributed by atoms with Gasteiger partial charge in [0, 0.05) is 25.3 Å². The van der Waals surface area contributed by atoms with Crippen molar-refractivity contribution in [2.24, 2.45) is 0 Å². The SMILES string of the molecule is CCOCC.Cc1cc([N+](=O)[O-])ccc1-c1ccc(C(C)Cc2ccc(O)cc2)cc1. The summed E-state index contributed by atoms with van der Waals surface area (Å²) < 4.78 is 4.83. The molecule has 31 heavy (non-hydrogen) atoms.